The van der Waals surface area contributed by atoms with Crippen LogP contribution in [-0.2, 0) is 4.79 Å². The molecule has 1 N–H and O–H groups in total. The van der Waals surface area contributed by atoms with Crippen LogP contribution in [-0.4, -0.2) is 28.3 Å². The number of nitrogens with one attached hydrogen (secondary N) is 1. The van der Waals surface area contributed by atoms with Crippen LogP contribution < -0.4 is 5.32 Å². The van der Waals surface area contributed by atoms with Gasteiger partial charge in [0.1, 0.15) is 4.38 Å². The minimum atomic E-state index is 0.0273. The van der Waals surface area contributed by atoms with Gasteiger partial charge in [0.2, 0.25) is 5.91 Å². The Morgan fingerprint density at radius 1 is 1.53 bits per heavy atom. The summed E-state index contributed by atoms with van der Waals surface area (Å²) in [6, 6.07) is 7.79. The Kier molecular flexibility index (Phi) is 4.50. The van der Waals surface area contributed by atoms with Crippen molar-refractivity contribution in [2.24, 2.45) is 4.99 Å². The van der Waals surface area contributed by atoms with Gasteiger partial charge in [0.05, 0.1) is 12.3 Å². The summed E-state index contributed by atoms with van der Waals surface area (Å²) in [5.74, 6) is 1.50. The number of hydrogen-bond donors (Lipinski definition) is 1. The Morgan fingerprint density at radius 3 is 3.06 bits per heavy atom. The van der Waals surface area contributed by atoms with Gasteiger partial charge < -0.3 is 5.32 Å². The summed E-state index contributed by atoms with van der Waals surface area (Å²) in [6.07, 6.45) is 0. The van der Waals surface area contributed by atoms with Crippen molar-refractivity contribution in [1.29, 1.82) is 0 Å². The second kappa shape index (κ2) is 6.12. The lowest BCUT2D eigenvalue weighted by Crippen LogP contribution is -2.15. The van der Waals surface area contributed by atoms with Gasteiger partial charge in [-0.3, -0.25) is 9.79 Å². The molecule has 0 saturated heterocycles. The number of benzene rings is 1. The molecule has 1 aromatic carbocycles. The Balaban J connectivity index is 1.83. The lowest BCUT2D eigenvalue weighted by molar-refractivity contribution is -0.113. The summed E-state index contributed by atoms with van der Waals surface area (Å²) in [6.45, 7) is 2.87. The van der Waals surface area contributed by atoms with E-state index < -0.39 is 0 Å². The minimum Gasteiger partial charge on any atom is -0.325 e. The van der Waals surface area contributed by atoms with E-state index in [-0.39, 0.29) is 5.91 Å². The highest BCUT2D eigenvalue weighted by Crippen LogP contribution is 2.22. The van der Waals surface area contributed by atoms with Crippen molar-refractivity contribution in [2.45, 2.75) is 6.92 Å². The number of anilines is 1. The van der Waals surface area contributed by atoms with Crippen LogP contribution in [0.5, 0.6) is 0 Å². The average Bonchev–Trinajstić information content (AvgIpc) is 2.82. The number of amides is 1. The Morgan fingerprint density at radius 2 is 2.35 bits per heavy atom. The molecule has 5 heteroatoms. The number of thioether (sulfide) groups is 2. The number of hydrogen-bond acceptors (Lipinski definition) is 4. The minimum absolute atomic E-state index is 0.0273. The Bertz CT molecular complexity index is 446. The van der Waals surface area contributed by atoms with Crippen LogP contribution in [0.15, 0.2) is 29.3 Å². The SMILES string of the molecule is Cc1ccccc1NC(=O)CSC1=NCCS1. The lowest BCUT2D eigenvalue weighted by atomic mass is 10.2. The second-order valence-electron chi connectivity index (χ2n) is 3.65. The molecule has 0 atom stereocenters. The van der Waals surface area contributed by atoms with Crippen molar-refractivity contribution in [3.05, 3.63) is 29.8 Å². The van der Waals surface area contributed by atoms with E-state index >= 15 is 0 Å². The predicted octanol–water partition coefficient (Wildman–Crippen LogP) is 2.77. The zero-order valence-electron chi connectivity index (χ0n) is 9.60. The van der Waals surface area contributed by atoms with Crippen LogP contribution in [0.2, 0.25) is 0 Å². The first-order valence-corrected chi connectivity index (χ1v) is 7.38. The van der Waals surface area contributed by atoms with E-state index in [1.807, 2.05) is 31.2 Å². The van der Waals surface area contributed by atoms with Gasteiger partial charge in [-0.15, -0.1) is 0 Å². The quantitative estimate of drug-likeness (QED) is 0.914. The van der Waals surface area contributed by atoms with Crippen molar-refractivity contribution < 1.29 is 4.79 Å². The highest BCUT2D eigenvalue weighted by Gasteiger charge is 2.10. The third-order valence-electron chi connectivity index (χ3n) is 2.30. The smallest absolute Gasteiger partial charge is 0.234 e. The van der Waals surface area contributed by atoms with E-state index in [9.17, 15) is 4.79 Å². The fraction of sp³-hybridized carbons (Fsp3) is 0.333. The highest BCUT2D eigenvalue weighted by atomic mass is 32.2. The number of rotatable bonds is 3. The summed E-state index contributed by atoms with van der Waals surface area (Å²) in [7, 11) is 0. The molecule has 1 aliphatic heterocycles. The lowest BCUT2D eigenvalue weighted by Gasteiger charge is -2.07. The van der Waals surface area contributed by atoms with Crippen molar-refractivity contribution >= 4 is 39.5 Å². The second-order valence-corrected chi connectivity index (χ2v) is 5.95. The Hall–Kier alpha value is -0.940. The van der Waals surface area contributed by atoms with Crippen LogP contribution >= 0.6 is 23.5 Å². The molecule has 0 radical (unpaired) electrons. The normalized spacial score (nSPS) is 14.5. The van der Waals surface area contributed by atoms with Gasteiger partial charge in [-0.25, -0.2) is 0 Å². The summed E-state index contributed by atoms with van der Waals surface area (Å²) in [5, 5.41) is 2.91. The molecule has 1 amide bonds. The molecule has 1 aliphatic rings. The largest absolute Gasteiger partial charge is 0.325 e. The molecule has 0 spiro atoms. The topological polar surface area (TPSA) is 41.5 Å². The first-order chi connectivity index (χ1) is 8.25. The molecule has 0 unspecified atom stereocenters. The van der Waals surface area contributed by atoms with Gasteiger partial charge in [-0.2, -0.15) is 0 Å². The van der Waals surface area contributed by atoms with Crippen LogP contribution in [0, 0.1) is 6.92 Å². The number of carbonyl (C=O) groups is 1. The standard InChI is InChI=1S/C12H14N2OS2/c1-9-4-2-3-5-10(9)14-11(15)8-17-12-13-6-7-16-12/h2-5H,6-8H2,1H3,(H,14,15). The van der Waals surface area contributed by atoms with Crippen LogP contribution in [0.25, 0.3) is 0 Å². The number of aliphatic imine (C=N–C) groups is 1. The number of para-hydroxylation sites is 1. The number of nitrogens with zero attached hydrogens (tertiary/aromatic N) is 1. The highest BCUT2D eigenvalue weighted by molar-refractivity contribution is 8.39. The summed E-state index contributed by atoms with van der Waals surface area (Å²) >= 11 is 3.24. The monoisotopic (exact) mass is 266 g/mol. The first-order valence-electron chi connectivity index (χ1n) is 5.41. The van der Waals surface area contributed by atoms with Gasteiger partial charge in [0, 0.05) is 11.4 Å². The predicted molar refractivity (Wildman–Crippen MR) is 77.0 cm³/mol. The maximum atomic E-state index is 11.7. The van der Waals surface area contributed by atoms with Crippen molar-refractivity contribution in [2.75, 3.05) is 23.4 Å². The van der Waals surface area contributed by atoms with Crippen molar-refractivity contribution in [3.63, 3.8) is 0 Å². The maximum Gasteiger partial charge on any atom is 0.234 e. The third-order valence-corrected chi connectivity index (χ3v) is 4.56. The summed E-state index contributed by atoms with van der Waals surface area (Å²) in [4.78, 5) is 16.0. The molecule has 90 valence electrons. The first kappa shape index (κ1) is 12.5. The van der Waals surface area contributed by atoms with Crippen LogP contribution in [0.3, 0.4) is 0 Å². The zero-order valence-corrected chi connectivity index (χ0v) is 11.2. The summed E-state index contributed by atoms with van der Waals surface area (Å²) < 4.78 is 1.03. The molecule has 0 saturated carbocycles. The van der Waals surface area contributed by atoms with Gasteiger partial charge in [0.15, 0.2) is 0 Å². The molecule has 1 heterocycles. The molecule has 2 rings (SSSR count). The molecule has 0 aromatic heterocycles. The van der Waals surface area contributed by atoms with E-state index in [0.717, 1.165) is 27.9 Å². The van der Waals surface area contributed by atoms with E-state index in [4.69, 9.17) is 0 Å². The van der Waals surface area contributed by atoms with Crippen LogP contribution in [0.1, 0.15) is 5.56 Å². The molecule has 0 fully saturated rings. The van der Waals surface area contributed by atoms with Crippen molar-refractivity contribution in [3.8, 4) is 0 Å². The third kappa shape index (κ3) is 3.78. The van der Waals surface area contributed by atoms with Gasteiger partial charge in [-0.1, -0.05) is 41.7 Å². The molecule has 0 aliphatic carbocycles. The van der Waals surface area contributed by atoms with E-state index in [1.165, 1.54) is 11.8 Å². The maximum absolute atomic E-state index is 11.7. The van der Waals surface area contributed by atoms with Gasteiger partial charge in [-0.05, 0) is 18.6 Å². The molecule has 3 nitrogen and oxygen atoms in total. The Labute approximate surface area is 109 Å². The van der Waals surface area contributed by atoms with Gasteiger partial charge in [0.25, 0.3) is 0 Å². The fourth-order valence-electron chi connectivity index (χ4n) is 1.43. The summed E-state index contributed by atoms with van der Waals surface area (Å²) in [5.41, 5.74) is 1.97. The van der Waals surface area contributed by atoms with Crippen molar-refractivity contribution in [1.82, 2.24) is 0 Å². The van der Waals surface area contributed by atoms with Crippen LogP contribution in [0.4, 0.5) is 5.69 Å². The van der Waals surface area contributed by atoms with E-state index in [2.05, 4.69) is 10.3 Å². The zero-order chi connectivity index (χ0) is 12.1. The van der Waals surface area contributed by atoms with E-state index in [0.29, 0.717) is 5.75 Å². The number of aryl methyl sites for hydroxylation is 1. The fourth-order valence-corrected chi connectivity index (χ4v) is 3.24. The van der Waals surface area contributed by atoms with Gasteiger partial charge >= 0.3 is 0 Å². The van der Waals surface area contributed by atoms with E-state index in [1.54, 1.807) is 11.8 Å². The average molecular weight is 266 g/mol. The number of carbonyl (C=O) groups excluding carboxylic acids is 1. The molecular formula is C12H14N2OS2. The molecule has 1 aromatic rings. The molecule has 17 heavy (non-hydrogen) atoms. The molecular weight excluding hydrogens is 252 g/mol. The molecule has 0 bridgehead atoms.